The Hall–Kier alpha value is -0.650. The lowest BCUT2D eigenvalue weighted by molar-refractivity contribution is 0.237. The Bertz CT molecular complexity index is 352. The van der Waals surface area contributed by atoms with Gasteiger partial charge in [-0.3, -0.25) is 4.90 Å². The number of rotatable bonds is 5. The van der Waals surface area contributed by atoms with E-state index in [4.69, 9.17) is 5.73 Å². The van der Waals surface area contributed by atoms with Gasteiger partial charge in [-0.1, -0.05) is 13.8 Å². The predicted octanol–water partition coefficient (Wildman–Crippen LogP) is 1.28. The molecule has 1 saturated heterocycles. The fourth-order valence-electron chi connectivity index (χ4n) is 2.46. The molecule has 2 heterocycles. The van der Waals surface area contributed by atoms with E-state index in [0.717, 1.165) is 32.0 Å². The average Bonchev–Trinajstić information content (AvgIpc) is 2.88. The summed E-state index contributed by atoms with van der Waals surface area (Å²) >= 11 is 0. The number of halogens is 1. The first-order valence-corrected chi connectivity index (χ1v) is 6.51. The van der Waals surface area contributed by atoms with E-state index < -0.39 is 0 Å². The summed E-state index contributed by atoms with van der Waals surface area (Å²) in [6.45, 7) is 8.10. The van der Waals surface area contributed by atoms with Crippen LogP contribution in [0.4, 0.5) is 0 Å². The van der Waals surface area contributed by atoms with Crippen LogP contribution in [0.3, 0.4) is 0 Å². The van der Waals surface area contributed by atoms with Gasteiger partial charge in [0, 0.05) is 19.1 Å². The molecule has 0 bridgehead atoms. The molecule has 1 aromatic rings. The Balaban J connectivity index is 0.00000162. The van der Waals surface area contributed by atoms with Crippen LogP contribution in [0.2, 0.25) is 0 Å². The molecule has 1 unspecified atom stereocenters. The molecule has 1 aliphatic rings. The van der Waals surface area contributed by atoms with Crippen LogP contribution in [0.5, 0.6) is 0 Å². The van der Waals surface area contributed by atoms with Crippen molar-refractivity contribution in [2.24, 2.45) is 11.7 Å². The van der Waals surface area contributed by atoms with Crippen molar-refractivity contribution in [1.29, 1.82) is 0 Å². The fraction of sp³-hybridized carbons (Fsp3) is 0.833. The van der Waals surface area contributed by atoms with E-state index >= 15 is 0 Å². The molecule has 0 spiro atoms. The van der Waals surface area contributed by atoms with Gasteiger partial charge >= 0.3 is 0 Å². The molecule has 1 atom stereocenters. The summed E-state index contributed by atoms with van der Waals surface area (Å²) < 4.78 is 2.02. The summed E-state index contributed by atoms with van der Waals surface area (Å²) in [5, 5.41) is 4.30. The third kappa shape index (κ3) is 3.67. The predicted molar refractivity (Wildman–Crippen MR) is 74.6 cm³/mol. The Morgan fingerprint density at radius 1 is 1.50 bits per heavy atom. The lowest BCUT2D eigenvalue weighted by Crippen LogP contribution is -2.35. The van der Waals surface area contributed by atoms with Crippen molar-refractivity contribution in [3.05, 3.63) is 12.2 Å². The minimum atomic E-state index is 0. The third-order valence-corrected chi connectivity index (χ3v) is 3.35. The summed E-state index contributed by atoms with van der Waals surface area (Å²) in [6, 6.07) is 0.527. The number of nitrogens with two attached hydrogens (primary N) is 1. The molecule has 104 valence electrons. The van der Waals surface area contributed by atoms with Crippen molar-refractivity contribution >= 4 is 12.4 Å². The Kier molecular flexibility index (Phi) is 6.05. The van der Waals surface area contributed by atoms with E-state index in [9.17, 15) is 0 Å². The number of nitrogens with zero attached hydrogens (tertiary/aromatic N) is 4. The van der Waals surface area contributed by atoms with Crippen molar-refractivity contribution < 1.29 is 0 Å². The topological polar surface area (TPSA) is 60.0 Å². The van der Waals surface area contributed by atoms with Crippen molar-refractivity contribution in [3.63, 3.8) is 0 Å². The Morgan fingerprint density at radius 3 is 2.94 bits per heavy atom. The van der Waals surface area contributed by atoms with Gasteiger partial charge in [0.05, 0.1) is 6.54 Å². The van der Waals surface area contributed by atoms with Crippen LogP contribution < -0.4 is 5.73 Å². The minimum absolute atomic E-state index is 0. The summed E-state index contributed by atoms with van der Waals surface area (Å²) in [7, 11) is 0. The second-order valence-corrected chi connectivity index (χ2v) is 5.25. The number of hydrogen-bond acceptors (Lipinski definition) is 4. The smallest absolute Gasteiger partial charge is 0.141 e. The molecule has 2 rings (SSSR count). The molecule has 0 saturated carbocycles. The van der Waals surface area contributed by atoms with Crippen LogP contribution in [0.15, 0.2) is 6.33 Å². The van der Waals surface area contributed by atoms with E-state index in [1.165, 1.54) is 12.8 Å². The molecular weight excluding hydrogens is 250 g/mol. The van der Waals surface area contributed by atoms with Crippen LogP contribution in [0, 0.1) is 5.92 Å². The highest BCUT2D eigenvalue weighted by Gasteiger charge is 2.24. The molecule has 0 amide bonds. The highest BCUT2D eigenvalue weighted by molar-refractivity contribution is 5.85. The second-order valence-electron chi connectivity index (χ2n) is 5.25. The molecule has 6 heteroatoms. The maximum atomic E-state index is 5.79. The van der Waals surface area contributed by atoms with Gasteiger partial charge in [0.1, 0.15) is 12.2 Å². The molecule has 0 radical (unpaired) electrons. The van der Waals surface area contributed by atoms with Gasteiger partial charge in [0.15, 0.2) is 0 Å². The molecule has 0 aliphatic carbocycles. The number of aromatic nitrogens is 3. The monoisotopic (exact) mass is 273 g/mol. The molecule has 1 fully saturated rings. The number of hydrogen-bond donors (Lipinski definition) is 1. The van der Waals surface area contributed by atoms with Gasteiger partial charge in [-0.05, 0) is 25.3 Å². The summed E-state index contributed by atoms with van der Waals surface area (Å²) in [5.41, 5.74) is 5.79. The van der Waals surface area contributed by atoms with Crippen LogP contribution in [-0.2, 0) is 13.1 Å². The van der Waals surface area contributed by atoms with E-state index in [0.29, 0.717) is 12.0 Å². The zero-order valence-corrected chi connectivity index (χ0v) is 12.1. The second kappa shape index (κ2) is 7.07. The Labute approximate surface area is 115 Å². The molecule has 18 heavy (non-hydrogen) atoms. The maximum absolute atomic E-state index is 5.79. The first-order valence-electron chi connectivity index (χ1n) is 6.51. The van der Waals surface area contributed by atoms with Crippen LogP contribution >= 0.6 is 12.4 Å². The van der Waals surface area contributed by atoms with E-state index in [-0.39, 0.29) is 12.4 Å². The largest absolute Gasteiger partial charge is 0.329 e. The van der Waals surface area contributed by atoms with E-state index in [1.807, 2.05) is 4.68 Å². The molecule has 5 nitrogen and oxygen atoms in total. The number of likely N-dealkylation sites (tertiary alicyclic amines) is 1. The van der Waals surface area contributed by atoms with Crippen LogP contribution in [0.1, 0.15) is 32.5 Å². The lowest BCUT2D eigenvalue weighted by Gasteiger charge is -2.22. The quantitative estimate of drug-likeness (QED) is 0.878. The molecule has 1 aromatic heterocycles. The normalized spacial score (nSPS) is 20.3. The van der Waals surface area contributed by atoms with E-state index in [2.05, 4.69) is 28.8 Å². The van der Waals surface area contributed by atoms with Crippen molar-refractivity contribution in [2.75, 3.05) is 13.1 Å². The van der Waals surface area contributed by atoms with Gasteiger partial charge < -0.3 is 5.73 Å². The molecule has 0 aromatic carbocycles. The van der Waals surface area contributed by atoms with Crippen molar-refractivity contribution in [2.45, 2.75) is 45.8 Å². The van der Waals surface area contributed by atoms with E-state index in [1.54, 1.807) is 6.33 Å². The first-order chi connectivity index (χ1) is 8.20. The fourth-order valence-corrected chi connectivity index (χ4v) is 2.46. The minimum Gasteiger partial charge on any atom is -0.329 e. The van der Waals surface area contributed by atoms with Crippen LogP contribution in [0.25, 0.3) is 0 Å². The van der Waals surface area contributed by atoms with Crippen LogP contribution in [-0.4, -0.2) is 38.8 Å². The highest BCUT2D eigenvalue weighted by atomic mass is 35.5. The standard InChI is InChI=1S/C12H23N5.ClH/c1-10(2)7-17-12(14-9-15-17)8-16-5-3-4-11(16)6-13;/h9-11H,3-8,13H2,1-2H3;1H. The maximum Gasteiger partial charge on any atom is 0.141 e. The SMILES string of the molecule is CC(C)Cn1ncnc1CN1CCCC1CN.Cl. The van der Waals surface area contributed by atoms with Gasteiger partial charge in [0.25, 0.3) is 0 Å². The van der Waals surface area contributed by atoms with Gasteiger partial charge in [-0.15, -0.1) is 12.4 Å². The van der Waals surface area contributed by atoms with Gasteiger partial charge in [0.2, 0.25) is 0 Å². The zero-order valence-electron chi connectivity index (χ0n) is 11.2. The van der Waals surface area contributed by atoms with Crippen molar-refractivity contribution in [3.8, 4) is 0 Å². The summed E-state index contributed by atoms with van der Waals surface area (Å²) in [5.74, 6) is 1.67. The lowest BCUT2D eigenvalue weighted by atomic mass is 10.2. The third-order valence-electron chi connectivity index (χ3n) is 3.35. The van der Waals surface area contributed by atoms with Crippen molar-refractivity contribution in [1.82, 2.24) is 19.7 Å². The average molecular weight is 274 g/mol. The Morgan fingerprint density at radius 2 is 2.28 bits per heavy atom. The van der Waals surface area contributed by atoms with Gasteiger partial charge in [-0.25, -0.2) is 9.67 Å². The van der Waals surface area contributed by atoms with Gasteiger partial charge in [-0.2, -0.15) is 5.10 Å². The molecule has 2 N–H and O–H groups in total. The summed E-state index contributed by atoms with van der Waals surface area (Å²) in [6.07, 6.45) is 4.13. The first kappa shape index (κ1) is 15.4. The highest BCUT2D eigenvalue weighted by Crippen LogP contribution is 2.18. The molecular formula is C12H24ClN5. The zero-order chi connectivity index (χ0) is 12.3. The molecule has 1 aliphatic heterocycles. The summed E-state index contributed by atoms with van der Waals surface area (Å²) in [4.78, 5) is 6.80.